The molecule has 2 rings (SSSR count). The van der Waals surface area contributed by atoms with Crippen molar-refractivity contribution >= 4 is 5.69 Å². The molecule has 94 valence electrons. The Morgan fingerprint density at radius 2 is 1.78 bits per heavy atom. The zero-order valence-corrected chi connectivity index (χ0v) is 11.2. The van der Waals surface area contributed by atoms with E-state index < -0.39 is 0 Å². The van der Waals surface area contributed by atoms with Crippen molar-refractivity contribution in [2.24, 2.45) is 0 Å². The number of ether oxygens (including phenoxy) is 1. The van der Waals surface area contributed by atoms with E-state index >= 15 is 0 Å². The maximum atomic E-state index is 5.25. The van der Waals surface area contributed by atoms with Crippen LogP contribution in [0, 0.1) is 13.8 Å². The first-order valence-electron chi connectivity index (χ1n) is 6.13. The molecule has 0 spiro atoms. The molecule has 0 bridgehead atoms. The van der Waals surface area contributed by atoms with Gasteiger partial charge in [0, 0.05) is 12.2 Å². The van der Waals surface area contributed by atoms with E-state index in [1.54, 1.807) is 7.11 Å². The van der Waals surface area contributed by atoms with Gasteiger partial charge in [0.05, 0.1) is 7.11 Å². The van der Waals surface area contributed by atoms with Gasteiger partial charge in [0.25, 0.3) is 0 Å². The van der Waals surface area contributed by atoms with Crippen molar-refractivity contribution in [3.63, 3.8) is 0 Å². The highest BCUT2D eigenvalue weighted by Crippen LogP contribution is 2.22. The Bertz CT molecular complexity index is 534. The molecule has 0 saturated heterocycles. The summed E-state index contributed by atoms with van der Waals surface area (Å²) in [4.78, 5) is 0. The largest absolute Gasteiger partial charge is 0.496 e. The average molecular weight is 241 g/mol. The van der Waals surface area contributed by atoms with E-state index in [0.717, 1.165) is 23.5 Å². The van der Waals surface area contributed by atoms with E-state index in [4.69, 9.17) is 4.74 Å². The van der Waals surface area contributed by atoms with Crippen LogP contribution < -0.4 is 10.1 Å². The second-order valence-electron chi connectivity index (χ2n) is 4.46. The summed E-state index contributed by atoms with van der Waals surface area (Å²) < 4.78 is 5.25. The van der Waals surface area contributed by atoms with Gasteiger partial charge < -0.3 is 10.1 Å². The second-order valence-corrected chi connectivity index (χ2v) is 4.46. The van der Waals surface area contributed by atoms with E-state index in [0.29, 0.717) is 0 Å². The number of nitrogens with one attached hydrogen (secondary N) is 1. The zero-order valence-electron chi connectivity index (χ0n) is 11.2. The van der Waals surface area contributed by atoms with Crippen LogP contribution in [0.1, 0.15) is 16.7 Å². The monoisotopic (exact) mass is 241 g/mol. The lowest BCUT2D eigenvalue weighted by atomic mass is 10.1. The van der Waals surface area contributed by atoms with Crippen LogP contribution in [0.3, 0.4) is 0 Å². The number of rotatable bonds is 4. The molecular weight excluding hydrogens is 222 g/mol. The third-order valence-corrected chi connectivity index (χ3v) is 3.14. The average Bonchev–Trinajstić information content (AvgIpc) is 2.38. The van der Waals surface area contributed by atoms with Crippen molar-refractivity contribution < 1.29 is 4.74 Å². The first-order valence-corrected chi connectivity index (χ1v) is 6.13. The van der Waals surface area contributed by atoms with E-state index in [9.17, 15) is 0 Å². The van der Waals surface area contributed by atoms with Crippen LogP contribution in [0.25, 0.3) is 0 Å². The van der Waals surface area contributed by atoms with Gasteiger partial charge in [-0.3, -0.25) is 0 Å². The molecule has 0 aromatic heterocycles. The van der Waals surface area contributed by atoms with Crippen LogP contribution in [0.4, 0.5) is 5.69 Å². The van der Waals surface area contributed by atoms with E-state index in [2.05, 4.69) is 49.5 Å². The molecule has 0 aliphatic carbocycles. The Morgan fingerprint density at radius 1 is 1.00 bits per heavy atom. The van der Waals surface area contributed by atoms with Crippen molar-refractivity contribution in [2.75, 3.05) is 12.4 Å². The third-order valence-electron chi connectivity index (χ3n) is 3.14. The maximum absolute atomic E-state index is 5.25. The molecule has 2 aromatic carbocycles. The fourth-order valence-corrected chi connectivity index (χ4v) is 1.99. The maximum Gasteiger partial charge on any atom is 0.121 e. The molecule has 1 N–H and O–H groups in total. The highest BCUT2D eigenvalue weighted by molar-refractivity contribution is 5.51. The Morgan fingerprint density at radius 3 is 2.44 bits per heavy atom. The van der Waals surface area contributed by atoms with Gasteiger partial charge in [0.15, 0.2) is 0 Å². The minimum absolute atomic E-state index is 0.846. The summed E-state index contributed by atoms with van der Waals surface area (Å²) in [5.41, 5.74) is 4.91. The predicted molar refractivity (Wildman–Crippen MR) is 76.2 cm³/mol. The SMILES string of the molecule is COc1ccc(NCc2ccccc2C)cc1C. The quantitative estimate of drug-likeness (QED) is 0.875. The predicted octanol–water partition coefficient (Wildman–Crippen LogP) is 3.92. The Labute approximate surface area is 109 Å². The van der Waals surface area contributed by atoms with Crippen LogP contribution >= 0.6 is 0 Å². The zero-order chi connectivity index (χ0) is 13.0. The molecule has 0 atom stereocenters. The lowest BCUT2D eigenvalue weighted by Crippen LogP contribution is -2.01. The summed E-state index contributed by atoms with van der Waals surface area (Å²) in [6.07, 6.45) is 0. The normalized spacial score (nSPS) is 10.2. The molecule has 18 heavy (non-hydrogen) atoms. The Balaban J connectivity index is 2.07. The molecule has 2 heteroatoms. The lowest BCUT2D eigenvalue weighted by molar-refractivity contribution is 0.412. The fourth-order valence-electron chi connectivity index (χ4n) is 1.99. The standard InChI is InChI=1S/C16H19NO/c1-12-6-4-5-7-14(12)11-17-15-8-9-16(18-3)13(2)10-15/h4-10,17H,11H2,1-3H3. The first kappa shape index (κ1) is 12.5. The minimum Gasteiger partial charge on any atom is -0.496 e. The van der Waals surface area contributed by atoms with E-state index in [1.165, 1.54) is 11.1 Å². The Kier molecular flexibility index (Phi) is 3.88. The number of benzene rings is 2. The Hall–Kier alpha value is -1.96. The molecule has 2 aromatic rings. The van der Waals surface area contributed by atoms with E-state index in [-0.39, 0.29) is 0 Å². The summed E-state index contributed by atoms with van der Waals surface area (Å²) in [6, 6.07) is 14.6. The van der Waals surface area contributed by atoms with Crippen LogP contribution in [0.5, 0.6) is 5.75 Å². The highest BCUT2D eigenvalue weighted by Gasteiger charge is 2.01. The van der Waals surface area contributed by atoms with Crippen molar-refractivity contribution in [3.8, 4) is 5.75 Å². The van der Waals surface area contributed by atoms with Gasteiger partial charge >= 0.3 is 0 Å². The summed E-state index contributed by atoms with van der Waals surface area (Å²) >= 11 is 0. The lowest BCUT2D eigenvalue weighted by Gasteiger charge is -2.11. The van der Waals surface area contributed by atoms with Gasteiger partial charge in [-0.2, -0.15) is 0 Å². The fraction of sp³-hybridized carbons (Fsp3) is 0.250. The molecule has 0 amide bonds. The van der Waals surface area contributed by atoms with Gasteiger partial charge in [-0.15, -0.1) is 0 Å². The summed E-state index contributed by atoms with van der Waals surface area (Å²) in [7, 11) is 1.70. The molecule has 0 saturated carbocycles. The minimum atomic E-state index is 0.846. The van der Waals surface area contributed by atoms with Crippen LogP contribution in [0.2, 0.25) is 0 Å². The molecular formula is C16H19NO. The van der Waals surface area contributed by atoms with Gasteiger partial charge in [-0.05, 0) is 48.7 Å². The smallest absolute Gasteiger partial charge is 0.121 e. The van der Waals surface area contributed by atoms with Gasteiger partial charge in [0.2, 0.25) is 0 Å². The molecule has 0 heterocycles. The van der Waals surface area contributed by atoms with Crippen molar-refractivity contribution in [1.29, 1.82) is 0 Å². The molecule has 0 aliphatic heterocycles. The topological polar surface area (TPSA) is 21.3 Å². The summed E-state index contributed by atoms with van der Waals surface area (Å²) in [6.45, 7) is 5.03. The summed E-state index contributed by atoms with van der Waals surface area (Å²) in [5, 5.41) is 3.44. The number of methoxy groups -OCH3 is 1. The van der Waals surface area contributed by atoms with Gasteiger partial charge in [-0.25, -0.2) is 0 Å². The summed E-state index contributed by atoms with van der Waals surface area (Å²) in [5.74, 6) is 0.927. The molecule has 0 unspecified atom stereocenters. The van der Waals surface area contributed by atoms with Crippen LogP contribution in [-0.2, 0) is 6.54 Å². The highest BCUT2D eigenvalue weighted by atomic mass is 16.5. The van der Waals surface area contributed by atoms with Crippen molar-refractivity contribution in [2.45, 2.75) is 20.4 Å². The number of hydrogen-bond acceptors (Lipinski definition) is 2. The van der Waals surface area contributed by atoms with Gasteiger partial charge in [-0.1, -0.05) is 24.3 Å². The molecule has 0 fully saturated rings. The molecule has 0 aliphatic rings. The number of hydrogen-bond donors (Lipinski definition) is 1. The van der Waals surface area contributed by atoms with Crippen LogP contribution in [-0.4, -0.2) is 7.11 Å². The van der Waals surface area contributed by atoms with Gasteiger partial charge in [0.1, 0.15) is 5.75 Å². The molecule has 0 radical (unpaired) electrons. The van der Waals surface area contributed by atoms with Crippen molar-refractivity contribution in [3.05, 3.63) is 59.2 Å². The van der Waals surface area contributed by atoms with E-state index in [1.807, 2.05) is 12.1 Å². The van der Waals surface area contributed by atoms with Crippen molar-refractivity contribution in [1.82, 2.24) is 0 Å². The number of aryl methyl sites for hydroxylation is 2. The third kappa shape index (κ3) is 2.83. The van der Waals surface area contributed by atoms with Crippen LogP contribution in [0.15, 0.2) is 42.5 Å². The molecule has 2 nitrogen and oxygen atoms in total. The second kappa shape index (κ2) is 5.58. The number of anilines is 1. The first-order chi connectivity index (χ1) is 8.70.